The number of aliphatic imine (C=N–C) groups is 1. The van der Waals surface area contributed by atoms with Crippen molar-refractivity contribution in [2.24, 2.45) is 4.99 Å². The predicted octanol–water partition coefficient (Wildman–Crippen LogP) is 3.27. The van der Waals surface area contributed by atoms with Crippen LogP contribution in [0.2, 0.25) is 0 Å². The number of thiazole rings is 1. The molecule has 3 rings (SSSR count). The Balaban J connectivity index is 1.54. The second-order valence-corrected chi connectivity index (χ2v) is 8.29. The van der Waals surface area contributed by atoms with Crippen LogP contribution in [0.25, 0.3) is 0 Å². The molecule has 0 aliphatic carbocycles. The van der Waals surface area contributed by atoms with Crippen LogP contribution in [-0.2, 0) is 12.6 Å². The van der Waals surface area contributed by atoms with E-state index in [1.165, 1.54) is 19.3 Å². The maximum atomic E-state index is 12.6. The van der Waals surface area contributed by atoms with E-state index in [9.17, 15) is 13.2 Å². The van der Waals surface area contributed by atoms with Gasteiger partial charge in [-0.25, -0.2) is 4.98 Å². The Bertz CT molecular complexity index is 631. The van der Waals surface area contributed by atoms with Gasteiger partial charge in [-0.1, -0.05) is 6.42 Å². The number of guanidine groups is 1. The third kappa shape index (κ3) is 5.34. The third-order valence-corrected chi connectivity index (χ3v) is 6.37. The minimum atomic E-state index is -4.37. The van der Waals surface area contributed by atoms with E-state index in [-0.39, 0.29) is 0 Å². The highest BCUT2D eigenvalue weighted by atomic mass is 32.1. The van der Waals surface area contributed by atoms with Gasteiger partial charge in [0.05, 0.1) is 5.01 Å². The fourth-order valence-electron chi connectivity index (χ4n) is 4.07. The smallest absolute Gasteiger partial charge is 0.357 e. The van der Waals surface area contributed by atoms with Gasteiger partial charge in [0.25, 0.3) is 0 Å². The van der Waals surface area contributed by atoms with Crippen molar-refractivity contribution in [2.75, 3.05) is 20.1 Å². The first-order valence-electron chi connectivity index (χ1n) is 9.65. The van der Waals surface area contributed by atoms with Crippen molar-refractivity contribution in [3.63, 3.8) is 0 Å². The summed E-state index contributed by atoms with van der Waals surface area (Å²) in [7, 11) is 2.23. The van der Waals surface area contributed by atoms with Crippen LogP contribution in [0.4, 0.5) is 13.2 Å². The monoisotopic (exact) mass is 403 g/mol. The highest BCUT2D eigenvalue weighted by Crippen LogP contribution is 2.32. The van der Waals surface area contributed by atoms with Crippen LogP contribution in [0.3, 0.4) is 0 Å². The normalized spacial score (nSPS) is 26.9. The van der Waals surface area contributed by atoms with Crippen molar-refractivity contribution < 1.29 is 13.2 Å². The Morgan fingerprint density at radius 2 is 2.04 bits per heavy atom. The average molecular weight is 404 g/mol. The first-order valence-corrected chi connectivity index (χ1v) is 10.5. The van der Waals surface area contributed by atoms with Crippen LogP contribution < -0.4 is 10.6 Å². The third-order valence-electron chi connectivity index (χ3n) is 5.46. The van der Waals surface area contributed by atoms with Crippen LogP contribution in [-0.4, -0.2) is 54.1 Å². The zero-order valence-electron chi connectivity index (χ0n) is 15.9. The van der Waals surface area contributed by atoms with Crippen molar-refractivity contribution in [3.8, 4) is 0 Å². The van der Waals surface area contributed by atoms with Gasteiger partial charge in [0.15, 0.2) is 11.7 Å². The van der Waals surface area contributed by atoms with E-state index >= 15 is 0 Å². The van der Waals surface area contributed by atoms with E-state index in [0.29, 0.717) is 36.1 Å². The van der Waals surface area contributed by atoms with Crippen molar-refractivity contribution in [3.05, 3.63) is 16.1 Å². The van der Waals surface area contributed by atoms with Gasteiger partial charge in [-0.15, -0.1) is 11.3 Å². The Hall–Kier alpha value is -1.35. The average Bonchev–Trinajstić information content (AvgIpc) is 3.05. The molecule has 9 heteroatoms. The molecule has 5 nitrogen and oxygen atoms in total. The molecule has 1 aromatic rings. The van der Waals surface area contributed by atoms with E-state index in [4.69, 9.17) is 0 Å². The Labute approximate surface area is 162 Å². The summed E-state index contributed by atoms with van der Waals surface area (Å²) < 4.78 is 37.9. The molecule has 1 aromatic heterocycles. The quantitative estimate of drug-likeness (QED) is 0.585. The van der Waals surface area contributed by atoms with Gasteiger partial charge in [0.1, 0.15) is 0 Å². The van der Waals surface area contributed by atoms with Gasteiger partial charge in [0.2, 0.25) is 0 Å². The van der Waals surface area contributed by atoms with Gasteiger partial charge >= 0.3 is 6.18 Å². The fourth-order valence-corrected chi connectivity index (χ4v) is 4.86. The van der Waals surface area contributed by atoms with Crippen molar-refractivity contribution in [1.82, 2.24) is 20.5 Å². The van der Waals surface area contributed by atoms with Gasteiger partial charge in [-0.05, 0) is 39.7 Å². The van der Waals surface area contributed by atoms with Gasteiger partial charge in [0, 0.05) is 43.0 Å². The Morgan fingerprint density at radius 3 is 2.63 bits per heavy atom. The standard InChI is InChI=1S/C18H28F3N5S/c1-3-22-17(23-8-7-16-25-15(11-27-16)18(19,20)21)24-12-9-13-5-4-6-14(10-12)26(13)2/h11-14H,3-10H2,1-2H3,(H2,22,23,24). The van der Waals surface area contributed by atoms with Gasteiger partial charge in [-0.3, -0.25) is 4.99 Å². The lowest BCUT2D eigenvalue weighted by atomic mass is 9.82. The van der Waals surface area contributed by atoms with Crippen LogP contribution in [0, 0.1) is 0 Å². The summed E-state index contributed by atoms with van der Waals surface area (Å²) in [6.45, 7) is 3.18. The highest BCUT2D eigenvalue weighted by molar-refractivity contribution is 7.09. The summed E-state index contributed by atoms with van der Waals surface area (Å²) in [5.74, 6) is 0.748. The van der Waals surface area contributed by atoms with Crippen molar-refractivity contribution in [2.45, 2.75) is 69.8 Å². The zero-order chi connectivity index (χ0) is 19.4. The number of rotatable bonds is 5. The van der Waals surface area contributed by atoms with E-state index in [1.807, 2.05) is 6.92 Å². The summed E-state index contributed by atoms with van der Waals surface area (Å²) in [5, 5.41) is 8.33. The second kappa shape index (κ2) is 8.77. The molecule has 152 valence electrons. The van der Waals surface area contributed by atoms with Crippen LogP contribution in [0.5, 0.6) is 0 Å². The van der Waals surface area contributed by atoms with Crippen LogP contribution in [0.1, 0.15) is 49.7 Å². The molecular formula is C18H28F3N5S. The molecule has 3 heterocycles. The van der Waals surface area contributed by atoms with Gasteiger partial charge < -0.3 is 15.5 Å². The van der Waals surface area contributed by atoms with Gasteiger partial charge in [-0.2, -0.15) is 13.2 Å². The van der Waals surface area contributed by atoms with E-state index < -0.39 is 11.9 Å². The molecule has 0 radical (unpaired) electrons. The Morgan fingerprint density at radius 1 is 1.33 bits per heavy atom. The van der Waals surface area contributed by atoms with E-state index in [1.54, 1.807) is 0 Å². The first kappa shape index (κ1) is 20.4. The van der Waals surface area contributed by atoms with E-state index in [0.717, 1.165) is 42.1 Å². The van der Waals surface area contributed by atoms with Crippen molar-refractivity contribution in [1.29, 1.82) is 0 Å². The number of fused-ring (bicyclic) bond motifs is 2. The molecule has 0 aromatic carbocycles. The predicted molar refractivity (Wildman–Crippen MR) is 102 cm³/mol. The molecule has 27 heavy (non-hydrogen) atoms. The molecule has 2 aliphatic rings. The molecule has 2 unspecified atom stereocenters. The number of nitrogens with zero attached hydrogens (tertiary/aromatic N) is 3. The molecule has 2 N–H and O–H groups in total. The minimum Gasteiger partial charge on any atom is -0.357 e. The summed E-state index contributed by atoms with van der Waals surface area (Å²) in [4.78, 5) is 10.7. The first-order chi connectivity index (χ1) is 12.9. The number of alkyl halides is 3. The summed E-state index contributed by atoms with van der Waals surface area (Å²) in [6, 6.07) is 1.66. The molecule has 0 spiro atoms. The lowest BCUT2D eigenvalue weighted by Crippen LogP contribution is -2.56. The fraction of sp³-hybridized carbons (Fsp3) is 0.778. The maximum absolute atomic E-state index is 12.6. The van der Waals surface area contributed by atoms with E-state index in [2.05, 4.69) is 32.6 Å². The molecule has 2 saturated heterocycles. The molecule has 2 fully saturated rings. The number of hydrogen-bond donors (Lipinski definition) is 2. The largest absolute Gasteiger partial charge is 0.434 e. The molecule has 2 bridgehead atoms. The minimum absolute atomic E-state index is 0.394. The van der Waals surface area contributed by atoms with Crippen LogP contribution >= 0.6 is 11.3 Å². The summed E-state index contributed by atoms with van der Waals surface area (Å²) in [5.41, 5.74) is -0.811. The molecule has 0 saturated carbocycles. The summed E-state index contributed by atoms with van der Waals surface area (Å²) in [6.07, 6.45) is 2.08. The molecular weight excluding hydrogens is 375 g/mol. The van der Waals surface area contributed by atoms with Crippen LogP contribution in [0.15, 0.2) is 10.4 Å². The highest BCUT2D eigenvalue weighted by Gasteiger charge is 2.36. The number of aromatic nitrogens is 1. The molecule has 0 amide bonds. The SMILES string of the molecule is CCNC(=NCCc1nc(C(F)(F)F)cs1)NC1CC2CCCC(C1)N2C. The van der Waals surface area contributed by atoms with Crippen molar-refractivity contribution >= 4 is 17.3 Å². The zero-order valence-corrected chi connectivity index (χ0v) is 16.7. The maximum Gasteiger partial charge on any atom is 0.434 e. The lowest BCUT2D eigenvalue weighted by molar-refractivity contribution is -0.140. The molecule has 2 aliphatic heterocycles. The molecule has 2 atom stereocenters. The lowest BCUT2D eigenvalue weighted by Gasteiger charge is -2.47. The number of hydrogen-bond acceptors (Lipinski definition) is 4. The Kier molecular flexibility index (Phi) is 6.62. The number of piperidine rings is 2. The summed E-state index contributed by atoms with van der Waals surface area (Å²) >= 11 is 1.04. The number of nitrogens with one attached hydrogen (secondary N) is 2. The number of halogens is 3. The second-order valence-electron chi connectivity index (χ2n) is 7.35. The topological polar surface area (TPSA) is 52.6 Å².